The molecule has 0 heterocycles. The third-order valence-electron chi connectivity index (χ3n) is 4.38. The van der Waals surface area contributed by atoms with Crippen LogP contribution in [0.5, 0.6) is 5.75 Å². The van der Waals surface area contributed by atoms with Crippen molar-refractivity contribution in [2.75, 3.05) is 13.2 Å². The maximum absolute atomic E-state index is 12.4. The van der Waals surface area contributed by atoms with E-state index in [0.29, 0.717) is 11.8 Å². The van der Waals surface area contributed by atoms with Gasteiger partial charge in [0, 0.05) is 12.6 Å². The lowest BCUT2D eigenvalue weighted by molar-refractivity contribution is -0.136. The van der Waals surface area contributed by atoms with Crippen LogP contribution < -0.4 is 4.74 Å². The Balaban J connectivity index is 1.91. The monoisotopic (exact) mass is 305 g/mol. The Morgan fingerprint density at radius 3 is 2.73 bits per heavy atom. The molecule has 1 atom stereocenters. The molecule has 0 aromatic heterocycles. The van der Waals surface area contributed by atoms with Gasteiger partial charge in [-0.25, -0.2) is 0 Å². The minimum absolute atomic E-state index is 0.0526. The maximum Gasteiger partial charge on any atom is 0.260 e. The first-order chi connectivity index (χ1) is 10.6. The lowest BCUT2D eigenvalue weighted by Crippen LogP contribution is -2.43. The molecule has 1 N–H and O–H groups in total. The van der Waals surface area contributed by atoms with Crippen molar-refractivity contribution < 1.29 is 14.6 Å². The van der Waals surface area contributed by atoms with Gasteiger partial charge in [0.25, 0.3) is 5.91 Å². The molecule has 122 valence electrons. The number of aliphatic hydroxyl groups is 1. The normalized spacial score (nSPS) is 17.0. The van der Waals surface area contributed by atoms with Gasteiger partial charge in [-0.05, 0) is 44.4 Å². The van der Waals surface area contributed by atoms with E-state index in [9.17, 15) is 9.90 Å². The van der Waals surface area contributed by atoms with E-state index < -0.39 is 6.10 Å². The molecule has 0 unspecified atom stereocenters. The van der Waals surface area contributed by atoms with Gasteiger partial charge < -0.3 is 14.7 Å². The molecule has 4 nitrogen and oxygen atoms in total. The molecule has 0 bridgehead atoms. The molecule has 22 heavy (non-hydrogen) atoms. The van der Waals surface area contributed by atoms with Gasteiger partial charge >= 0.3 is 0 Å². The summed E-state index contributed by atoms with van der Waals surface area (Å²) >= 11 is 0. The zero-order valence-electron chi connectivity index (χ0n) is 13.6. The lowest BCUT2D eigenvalue weighted by atomic mass is 9.94. The smallest absolute Gasteiger partial charge is 0.260 e. The number of carbonyl (C=O) groups excluding carboxylic acids is 1. The molecule has 0 aliphatic heterocycles. The summed E-state index contributed by atoms with van der Waals surface area (Å²) < 4.78 is 5.63. The summed E-state index contributed by atoms with van der Waals surface area (Å²) in [5, 5.41) is 9.59. The first kappa shape index (κ1) is 16.8. The highest BCUT2D eigenvalue weighted by Crippen LogP contribution is 2.23. The van der Waals surface area contributed by atoms with Crippen molar-refractivity contribution in [2.24, 2.45) is 0 Å². The first-order valence-electron chi connectivity index (χ1n) is 8.32. The zero-order chi connectivity index (χ0) is 15.9. The van der Waals surface area contributed by atoms with Crippen molar-refractivity contribution in [3.8, 4) is 5.75 Å². The van der Waals surface area contributed by atoms with Crippen LogP contribution in [-0.4, -0.2) is 35.1 Å². The van der Waals surface area contributed by atoms with Crippen LogP contribution in [0.4, 0.5) is 0 Å². The van der Waals surface area contributed by atoms with E-state index in [4.69, 9.17) is 4.74 Å². The molecule has 1 saturated carbocycles. The fourth-order valence-electron chi connectivity index (χ4n) is 3.12. The summed E-state index contributed by atoms with van der Waals surface area (Å²) in [6.45, 7) is 4.54. The topological polar surface area (TPSA) is 49.8 Å². The summed E-state index contributed by atoms with van der Waals surface area (Å²) in [6, 6.07) is 7.66. The van der Waals surface area contributed by atoms with Crippen LogP contribution in [0.25, 0.3) is 0 Å². The van der Waals surface area contributed by atoms with Crippen LogP contribution in [0, 0.1) is 0 Å². The van der Waals surface area contributed by atoms with Gasteiger partial charge in [0.15, 0.2) is 6.61 Å². The highest BCUT2D eigenvalue weighted by atomic mass is 16.5. The van der Waals surface area contributed by atoms with E-state index in [2.05, 4.69) is 0 Å². The molecule has 1 aliphatic carbocycles. The predicted molar refractivity (Wildman–Crippen MR) is 86.8 cm³/mol. The number of rotatable bonds is 6. The van der Waals surface area contributed by atoms with Crippen molar-refractivity contribution in [1.82, 2.24) is 4.90 Å². The molecular weight excluding hydrogens is 278 g/mol. The van der Waals surface area contributed by atoms with Crippen LogP contribution >= 0.6 is 0 Å². The number of amides is 1. The summed E-state index contributed by atoms with van der Waals surface area (Å²) in [4.78, 5) is 14.4. The molecule has 1 fully saturated rings. The Morgan fingerprint density at radius 2 is 2.09 bits per heavy atom. The van der Waals surface area contributed by atoms with Crippen LogP contribution in [-0.2, 0) is 4.79 Å². The highest BCUT2D eigenvalue weighted by Gasteiger charge is 2.24. The minimum Gasteiger partial charge on any atom is -0.484 e. The maximum atomic E-state index is 12.4. The second-order valence-corrected chi connectivity index (χ2v) is 6.01. The van der Waals surface area contributed by atoms with E-state index >= 15 is 0 Å². The molecule has 1 amide bonds. The van der Waals surface area contributed by atoms with E-state index in [0.717, 1.165) is 24.9 Å². The van der Waals surface area contributed by atoms with Crippen molar-refractivity contribution in [3.05, 3.63) is 29.8 Å². The van der Waals surface area contributed by atoms with E-state index in [1.54, 1.807) is 13.0 Å². The van der Waals surface area contributed by atoms with Gasteiger partial charge in [-0.3, -0.25) is 4.79 Å². The van der Waals surface area contributed by atoms with Gasteiger partial charge in [0.05, 0.1) is 6.10 Å². The Kier molecular flexibility index (Phi) is 6.25. The van der Waals surface area contributed by atoms with Gasteiger partial charge in [-0.2, -0.15) is 0 Å². The SMILES string of the molecule is CCN(C(=O)COc1cccc([C@@H](C)O)c1)C1CCCCC1. The van der Waals surface area contributed by atoms with Gasteiger partial charge in [-0.1, -0.05) is 31.4 Å². The number of likely N-dealkylation sites (N-methyl/N-ethyl adjacent to an activating group) is 1. The minimum atomic E-state index is -0.534. The van der Waals surface area contributed by atoms with Crippen molar-refractivity contribution >= 4 is 5.91 Å². The van der Waals surface area contributed by atoms with Crippen LogP contribution in [0.2, 0.25) is 0 Å². The van der Waals surface area contributed by atoms with Gasteiger partial charge in [0.1, 0.15) is 5.75 Å². The molecular formula is C18H27NO3. The molecule has 4 heteroatoms. The quantitative estimate of drug-likeness (QED) is 0.877. The summed E-state index contributed by atoms with van der Waals surface area (Å²) in [7, 11) is 0. The number of carbonyl (C=O) groups is 1. The van der Waals surface area contributed by atoms with E-state index in [-0.39, 0.29) is 12.5 Å². The standard InChI is InChI=1S/C18H27NO3/c1-3-19(16-9-5-4-6-10-16)18(21)13-22-17-11-7-8-15(12-17)14(2)20/h7-8,11-12,14,16,20H,3-6,9-10,13H2,1-2H3/t14-/m1/s1. The Morgan fingerprint density at radius 1 is 1.36 bits per heavy atom. The third kappa shape index (κ3) is 4.47. The Hall–Kier alpha value is -1.55. The average Bonchev–Trinajstić information content (AvgIpc) is 2.55. The van der Waals surface area contributed by atoms with Gasteiger partial charge in [-0.15, -0.1) is 0 Å². The molecule has 1 aromatic rings. The van der Waals surface area contributed by atoms with Crippen LogP contribution in [0.15, 0.2) is 24.3 Å². The summed E-state index contributed by atoms with van der Waals surface area (Å²) in [5.74, 6) is 0.684. The first-order valence-corrected chi connectivity index (χ1v) is 8.32. The zero-order valence-corrected chi connectivity index (χ0v) is 13.6. The van der Waals surface area contributed by atoms with E-state index in [1.165, 1.54) is 19.3 Å². The van der Waals surface area contributed by atoms with Crippen LogP contribution in [0.1, 0.15) is 57.6 Å². The fraction of sp³-hybridized carbons (Fsp3) is 0.611. The number of nitrogens with zero attached hydrogens (tertiary/aromatic N) is 1. The number of hydrogen-bond donors (Lipinski definition) is 1. The van der Waals surface area contributed by atoms with Crippen molar-refractivity contribution in [1.29, 1.82) is 0 Å². The molecule has 0 radical (unpaired) electrons. The number of benzene rings is 1. The fourth-order valence-corrected chi connectivity index (χ4v) is 3.12. The summed E-state index contributed by atoms with van der Waals surface area (Å²) in [6.07, 6.45) is 5.39. The Labute approximate surface area is 133 Å². The molecule has 0 spiro atoms. The van der Waals surface area contributed by atoms with Crippen molar-refractivity contribution in [2.45, 2.75) is 58.1 Å². The van der Waals surface area contributed by atoms with Crippen LogP contribution in [0.3, 0.4) is 0 Å². The predicted octanol–water partition coefficient (Wildman–Crippen LogP) is 3.30. The largest absolute Gasteiger partial charge is 0.484 e. The summed E-state index contributed by atoms with van der Waals surface area (Å²) in [5.41, 5.74) is 0.796. The molecule has 1 aromatic carbocycles. The number of hydrogen-bond acceptors (Lipinski definition) is 3. The number of ether oxygens (including phenoxy) is 1. The molecule has 1 aliphatic rings. The van der Waals surface area contributed by atoms with E-state index in [1.807, 2.05) is 30.0 Å². The second-order valence-electron chi connectivity index (χ2n) is 6.01. The second kappa shape index (κ2) is 8.18. The average molecular weight is 305 g/mol. The molecule has 0 saturated heterocycles. The third-order valence-corrected chi connectivity index (χ3v) is 4.38. The number of aliphatic hydroxyl groups excluding tert-OH is 1. The Bertz CT molecular complexity index is 481. The van der Waals surface area contributed by atoms with Crippen molar-refractivity contribution in [3.63, 3.8) is 0 Å². The lowest BCUT2D eigenvalue weighted by Gasteiger charge is -2.33. The molecule has 2 rings (SSSR count). The highest BCUT2D eigenvalue weighted by molar-refractivity contribution is 5.78. The van der Waals surface area contributed by atoms with Gasteiger partial charge in [0.2, 0.25) is 0 Å².